The Morgan fingerprint density at radius 1 is 1.23 bits per heavy atom. The molecule has 0 spiro atoms. The summed E-state index contributed by atoms with van der Waals surface area (Å²) in [6.07, 6.45) is 3.00. The molecule has 116 valence electrons. The molecule has 0 unspecified atom stereocenters. The van der Waals surface area contributed by atoms with Crippen molar-refractivity contribution in [1.82, 2.24) is 4.98 Å². The van der Waals surface area contributed by atoms with Crippen LogP contribution in [-0.4, -0.2) is 31.8 Å². The minimum atomic E-state index is -0.385. The second-order valence-corrected chi connectivity index (χ2v) is 4.68. The lowest BCUT2D eigenvalue weighted by molar-refractivity contribution is -0.137. The Kier molecular flexibility index (Phi) is 4.99. The maximum atomic E-state index is 11.4. The van der Waals surface area contributed by atoms with Gasteiger partial charge in [0, 0.05) is 17.5 Å². The number of aryl methyl sites for hydroxylation is 1. The summed E-state index contributed by atoms with van der Waals surface area (Å²) < 4.78 is 15.5. The van der Waals surface area contributed by atoms with Crippen LogP contribution in [0.2, 0.25) is 0 Å². The van der Waals surface area contributed by atoms with Gasteiger partial charge in [-0.2, -0.15) is 0 Å². The van der Waals surface area contributed by atoms with E-state index in [9.17, 15) is 4.79 Å². The van der Waals surface area contributed by atoms with Crippen molar-refractivity contribution in [3.8, 4) is 11.5 Å². The van der Waals surface area contributed by atoms with E-state index < -0.39 is 0 Å². The number of aromatic nitrogens is 1. The van der Waals surface area contributed by atoms with Gasteiger partial charge in [-0.3, -0.25) is 0 Å². The van der Waals surface area contributed by atoms with Gasteiger partial charge in [-0.05, 0) is 37.6 Å². The second kappa shape index (κ2) is 6.93. The highest BCUT2D eigenvalue weighted by Gasteiger charge is 2.10. The van der Waals surface area contributed by atoms with E-state index in [0.717, 1.165) is 16.5 Å². The first-order valence-electron chi connectivity index (χ1n) is 6.97. The summed E-state index contributed by atoms with van der Waals surface area (Å²) in [5.41, 5.74) is 2.42. The molecule has 1 heterocycles. The lowest BCUT2D eigenvalue weighted by Crippen LogP contribution is -1.99. The molecule has 5 nitrogen and oxygen atoms in total. The smallest absolute Gasteiger partial charge is 0.330 e. The Hall–Kier alpha value is -2.56. The molecule has 0 N–H and O–H groups in total. The molecular weight excluding hydrogens is 282 g/mol. The quantitative estimate of drug-likeness (QED) is 0.627. The molecule has 0 aliphatic carbocycles. The first-order chi connectivity index (χ1) is 10.6. The number of ether oxygens (including phenoxy) is 3. The number of carbonyl (C=O) groups excluding carboxylic acids is 1. The molecule has 0 amide bonds. The number of methoxy groups -OCH3 is 2. The van der Waals surface area contributed by atoms with E-state index in [-0.39, 0.29) is 5.97 Å². The van der Waals surface area contributed by atoms with Crippen LogP contribution in [0, 0.1) is 6.92 Å². The third kappa shape index (κ3) is 3.36. The standard InChI is InChI=1S/C17H19NO4/c1-5-22-16(19)7-6-12-8-11(2)14-9-13(20-3)10-15(21-4)17(14)18-12/h6-10H,5H2,1-4H3/b7-6+. The van der Waals surface area contributed by atoms with Crippen molar-refractivity contribution in [2.24, 2.45) is 0 Å². The SMILES string of the molecule is CCOC(=O)/C=C/c1cc(C)c2cc(OC)cc(OC)c2n1. The largest absolute Gasteiger partial charge is 0.497 e. The van der Waals surface area contributed by atoms with E-state index in [1.807, 2.05) is 19.1 Å². The van der Waals surface area contributed by atoms with Crippen LogP contribution in [0.5, 0.6) is 11.5 Å². The minimum Gasteiger partial charge on any atom is -0.497 e. The average Bonchev–Trinajstić information content (AvgIpc) is 2.52. The number of benzene rings is 1. The van der Waals surface area contributed by atoms with Gasteiger partial charge in [0.2, 0.25) is 0 Å². The molecule has 22 heavy (non-hydrogen) atoms. The van der Waals surface area contributed by atoms with Crippen molar-refractivity contribution in [2.45, 2.75) is 13.8 Å². The van der Waals surface area contributed by atoms with Crippen molar-refractivity contribution in [3.05, 3.63) is 35.5 Å². The normalized spacial score (nSPS) is 10.9. The number of fused-ring (bicyclic) bond motifs is 1. The van der Waals surface area contributed by atoms with Crippen LogP contribution in [0.3, 0.4) is 0 Å². The van der Waals surface area contributed by atoms with Crippen LogP contribution in [0.15, 0.2) is 24.3 Å². The summed E-state index contributed by atoms with van der Waals surface area (Å²) in [5.74, 6) is 0.955. The molecule has 0 radical (unpaired) electrons. The predicted octanol–water partition coefficient (Wildman–Crippen LogP) is 3.14. The Morgan fingerprint density at radius 3 is 2.64 bits per heavy atom. The summed E-state index contributed by atoms with van der Waals surface area (Å²) in [6, 6.07) is 5.60. The van der Waals surface area contributed by atoms with E-state index in [2.05, 4.69) is 4.98 Å². The monoisotopic (exact) mass is 301 g/mol. The van der Waals surface area contributed by atoms with Gasteiger partial charge in [-0.25, -0.2) is 9.78 Å². The zero-order valence-corrected chi connectivity index (χ0v) is 13.2. The highest BCUT2D eigenvalue weighted by atomic mass is 16.5. The zero-order valence-electron chi connectivity index (χ0n) is 13.2. The van der Waals surface area contributed by atoms with Gasteiger partial charge < -0.3 is 14.2 Å². The van der Waals surface area contributed by atoms with Crippen molar-refractivity contribution in [1.29, 1.82) is 0 Å². The Morgan fingerprint density at radius 2 is 2.00 bits per heavy atom. The first-order valence-corrected chi connectivity index (χ1v) is 6.97. The highest BCUT2D eigenvalue weighted by molar-refractivity contribution is 5.91. The van der Waals surface area contributed by atoms with Gasteiger partial charge in [-0.1, -0.05) is 0 Å². The molecule has 1 aromatic heterocycles. The molecular formula is C17H19NO4. The number of hydrogen-bond acceptors (Lipinski definition) is 5. The van der Waals surface area contributed by atoms with Crippen LogP contribution in [0.4, 0.5) is 0 Å². The van der Waals surface area contributed by atoms with E-state index in [1.165, 1.54) is 6.08 Å². The fraction of sp³-hybridized carbons (Fsp3) is 0.294. The molecule has 5 heteroatoms. The molecule has 2 aromatic rings. The van der Waals surface area contributed by atoms with E-state index in [1.54, 1.807) is 33.3 Å². The van der Waals surface area contributed by atoms with Crippen LogP contribution < -0.4 is 9.47 Å². The maximum absolute atomic E-state index is 11.4. The molecule has 2 rings (SSSR count). The molecule has 0 aliphatic rings. The summed E-state index contributed by atoms with van der Waals surface area (Å²) in [5, 5.41) is 0.949. The zero-order chi connectivity index (χ0) is 16.1. The molecule has 0 saturated carbocycles. The summed E-state index contributed by atoms with van der Waals surface area (Å²) in [7, 11) is 3.20. The van der Waals surface area contributed by atoms with Crippen LogP contribution in [-0.2, 0) is 9.53 Å². The predicted molar refractivity (Wildman–Crippen MR) is 85.3 cm³/mol. The summed E-state index contributed by atoms with van der Waals surface area (Å²) in [6.45, 7) is 4.09. The Balaban J connectivity index is 2.50. The number of rotatable bonds is 5. The fourth-order valence-electron chi connectivity index (χ4n) is 2.16. The molecule has 1 aromatic carbocycles. The third-order valence-corrected chi connectivity index (χ3v) is 3.21. The van der Waals surface area contributed by atoms with E-state index in [0.29, 0.717) is 23.8 Å². The van der Waals surface area contributed by atoms with Crippen molar-refractivity contribution >= 4 is 22.9 Å². The van der Waals surface area contributed by atoms with Crippen LogP contribution >= 0.6 is 0 Å². The van der Waals surface area contributed by atoms with Crippen LogP contribution in [0.1, 0.15) is 18.2 Å². The van der Waals surface area contributed by atoms with Gasteiger partial charge in [-0.15, -0.1) is 0 Å². The van der Waals surface area contributed by atoms with E-state index >= 15 is 0 Å². The van der Waals surface area contributed by atoms with Crippen molar-refractivity contribution in [2.75, 3.05) is 20.8 Å². The average molecular weight is 301 g/mol. The lowest BCUT2D eigenvalue weighted by Gasteiger charge is -2.10. The lowest BCUT2D eigenvalue weighted by atomic mass is 10.1. The molecule has 0 saturated heterocycles. The van der Waals surface area contributed by atoms with E-state index in [4.69, 9.17) is 14.2 Å². The highest BCUT2D eigenvalue weighted by Crippen LogP contribution is 2.32. The third-order valence-electron chi connectivity index (χ3n) is 3.21. The van der Waals surface area contributed by atoms with Crippen LogP contribution in [0.25, 0.3) is 17.0 Å². The van der Waals surface area contributed by atoms with Gasteiger partial charge in [0.15, 0.2) is 0 Å². The van der Waals surface area contributed by atoms with Gasteiger partial charge in [0.05, 0.1) is 26.5 Å². The summed E-state index contributed by atoms with van der Waals surface area (Å²) in [4.78, 5) is 15.9. The minimum absolute atomic E-state index is 0.348. The number of hydrogen-bond donors (Lipinski definition) is 0. The molecule has 0 aliphatic heterocycles. The maximum Gasteiger partial charge on any atom is 0.330 e. The Bertz CT molecular complexity index is 722. The number of carbonyl (C=O) groups is 1. The topological polar surface area (TPSA) is 57.7 Å². The number of esters is 1. The number of pyridine rings is 1. The molecule has 0 bridgehead atoms. The van der Waals surface area contributed by atoms with Crippen molar-refractivity contribution < 1.29 is 19.0 Å². The molecule has 0 fully saturated rings. The second-order valence-electron chi connectivity index (χ2n) is 4.68. The number of nitrogens with zero attached hydrogens (tertiary/aromatic N) is 1. The van der Waals surface area contributed by atoms with Crippen molar-refractivity contribution in [3.63, 3.8) is 0 Å². The Labute approximate surface area is 129 Å². The van der Waals surface area contributed by atoms with Gasteiger partial charge in [0.25, 0.3) is 0 Å². The van der Waals surface area contributed by atoms with Gasteiger partial charge in [0.1, 0.15) is 17.0 Å². The fourth-order valence-corrected chi connectivity index (χ4v) is 2.16. The molecule has 0 atom stereocenters. The summed E-state index contributed by atoms with van der Waals surface area (Å²) >= 11 is 0. The first kappa shape index (κ1) is 15.8. The van der Waals surface area contributed by atoms with Gasteiger partial charge >= 0.3 is 5.97 Å².